The molecule has 0 atom stereocenters. The van der Waals surface area contributed by atoms with Crippen LogP contribution >= 0.6 is 72.3 Å². The van der Waals surface area contributed by atoms with Crippen LogP contribution < -0.4 is 0 Å². The number of aryl methyl sites for hydroxylation is 2. The quantitative estimate of drug-likeness (QED) is 0.191. The summed E-state index contributed by atoms with van der Waals surface area (Å²) in [5.41, 5.74) is 3.03. The van der Waals surface area contributed by atoms with Crippen LogP contribution in [0.2, 0.25) is 0 Å². The van der Waals surface area contributed by atoms with Crippen molar-refractivity contribution in [3.05, 3.63) is 35.4 Å². The fourth-order valence-corrected chi connectivity index (χ4v) is 6.90. The molecule has 0 aromatic heterocycles. The Hall–Kier alpha value is 1.32. The van der Waals surface area contributed by atoms with Gasteiger partial charge in [0.2, 0.25) is 0 Å². The lowest BCUT2D eigenvalue weighted by Crippen LogP contribution is -1.94. The lowest BCUT2D eigenvalue weighted by molar-refractivity contribution is 0.906. The lowest BCUT2D eigenvalue weighted by Gasteiger charge is -2.06. The van der Waals surface area contributed by atoms with Gasteiger partial charge in [0, 0.05) is 34.5 Å². The highest BCUT2D eigenvalue weighted by atomic mass is 32.2. The van der Waals surface area contributed by atoms with Crippen LogP contribution in [-0.2, 0) is 12.8 Å². The topological polar surface area (TPSA) is 0 Å². The molecule has 0 aliphatic carbocycles. The average Bonchev–Trinajstić information content (AvgIpc) is 2.66. The fourth-order valence-electron chi connectivity index (χ4n) is 2.47. The summed E-state index contributed by atoms with van der Waals surface area (Å²) < 4.78 is 0. The second-order valence-electron chi connectivity index (χ2n) is 5.92. The first-order valence-electron chi connectivity index (χ1n) is 9.47. The molecular weight excluding hydrogens is 433 g/mol. The third kappa shape index (κ3) is 15.3. The van der Waals surface area contributed by atoms with Crippen LogP contribution in [-0.4, -0.2) is 57.5 Å². The van der Waals surface area contributed by atoms with Gasteiger partial charge in [-0.2, -0.15) is 72.3 Å². The van der Waals surface area contributed by atoms with Crippen LogP contribution in [0.1, 0.15) is 24.0 Å². The molecule has 0 heterocycles. The van der Waals surface area contributed by atoms with Crippen LogP contribution in [0.25, 0.3) is 0 Å². The van der Waals surface area contributed by atoms with Crippen LogP contribution in [0.4, 0.5) is 0 Å². The maximum atomic E-state index is 4.24. The molecule has 0 aliphatic heterocycles. The van der Waals surface area contributed by atoms with E-state index >= 15 is 0 Å². The standard InChI is InChI=1S/C20H34S6/c21-8-12-25-16-14-23-10-2-6-19-4-1-5-20(18-19)7-3-11-24-15-17-26-13-9-22/h1,4-5,18,21-22H,2-3,6-17H2. The van der Waals surface area contributed by atoms with Gasteiger partial charge in [-0.3, -0.25) is 0 Å². The number of benzene rings is 1. The molecular formula is C20H34S6. The third-order valence-electron chi connectivity index (χ3n) is 3.71. The van der Waals surface area contributed by atoms with Crippen molar-refractivity contribution >= 4 is 72.3 Å². The molecule has 6 heteroatoms. The summed E-state index contributed by atoms with van der Waals surface area (Å²) in [7, 11) is 0. The molecule has 0 radical (unpaired) electrons. The predicted octanol–water partition coefficient (Wildman–Crippen LogP) is 6.34. The number of hydrogen-bond donors (Lipinski definition) is 2. The van der Waals surface area contributed by atoms with Crippen molar-refractivity contribution in [1.82, 2.24) is 0 Å². The highest BCUT2D eigenvalue weighted by Gasteiger charge is 1.99. The Morgan fingerprint density at radius 2 is 1.00 bits per heavy atom. The monoisotopic (exact) mass is 466 g/mol. The maximum absolute atomic E-state index is 4.24. The molecule has 1 aromatic rings. The average molecular weight is 467 g/mol. The molecule has 0 bridgehead atoms. The van der Waals surface area contributed by atoms with E-state index in [-0.39, 0.29) is 0 Å². The third-order valence-corrected chi connectivity index (χ3v) is 9.40. The van der Waals surface area contributed by atoms with E-state index in [0.29, 0.717) is 0 Å². The first-order valence-corrected chi connectivity index (χ1v) is 15.4. The summed E-state index contributed by atoms with van der Waals surface area (Å²) in [4.78, 5) is 0. The minimum Gasteiger partial charge on any atom is -0.179 e. The Balaban J connectivity index is 2.03. The second kappa shape index (κ2) is 19.6. The minimum atomic E-state index is 1.000. The van der Waals surface area contributed by atoms with Crippen LogP contribution in [0.5, 0.6) is 0 Å². The van der Waals surface area contributed by atoms with Gasteiger partial charge in [-0.25, -0.2) is 0 Å². The van der Waals surface area contributed by atoms with Crippen molar-refractivity contribution in [2.45, 2.75) is 25.7 Å². The molecule has 1 aromatic carbocycles. The van der Waals surface area contributed by atoms with Crippen molar-refractivity contribution < 1.29 is 0 Å². The molecule has 0 unspecified atom stereocenters. The Bertz CT molecular complexity index is 391. The molecule has 0 saturated heterocycles. The zero-order chi connectivity index (χ0) is 18.7. The van der Waals surface area contributed by atoms with E-state index < -0.39 is 0 Å². The van der Waals surface area contributed by atoms with Crippen molar-refractivity contribution in [3.63, 3.8) is 0 Å². The van der Waals surface area contributed by atoms with Gasteiger partial charge in [-0.15, -0.1) is 0 Å². The number of thiol groups is 2. The molecule has 0 nitrogen and oxygen atoms in total. The first-order chi connectivity index (χ1) is 12.9. The Morgan fingerprint density at radius 3 is 1.42 bits per heavy atom. The molecule has 0 aliphatic rings. The largest absolute Gasteiger partial charge is 0.179 e. The van der Waals surface area contributed by atoms with Crippen LogP contribution in [0, 0.1) is 0 Å². The molecule has 0 amide bonds. The van der Waals surface area contributed by atoms with E-state index in [1.807, 2.05) is 23.5 Å². The summed E-state index contributed by atoms with van der Waals surface area (Å²) in [5, 5.41) is 0. The Morgan fingerprint density at radius 1 is 0.577 bits per heavy atom. The minimum absolute atomic E-state index is 1.000. The normalized spacial score (nSPS) is 11.2. The summed E-state index contributed by atoms with van der Waals surface area (Å²) in [5.74, 6) is 12.0. The van der Waals surface area contributed by atoms with Crippen LogP contribution in [0.15, 0.2) is 24.3 Å². The van der Waals surface area contributed by atoms with Gasteiger partial charge in [0.05, 0.1) is 0 Å². The number of hydrogen-bond acceptors (Lipinski definition) is 6. The molecule has 0 spiro atoms. The zero-order valence-corrected chi connectivity index (χ0v) is 20.8. The molecule has 0 fully saturated rings. The first kappa shape index (κ1) is 25.4. The highest BCUT2D eigenvalue weighted by Crippen LogP contribution is 2.15. The van der Waals surface area contributed by atoms with Gasteiger partial charge >= 0.3 is 0 Å². The molecule has 1 rings (SSSR count). The Kier molecular flexibility index (Phi) is 19.1. The molecule has 150 valence electrons. The van der Waals surface area contributed by atoms with Gasteiger partial charge in [0.25, 0.3) is 0 Å². The summed E-state index contributed by atoms with van der Waals surface area (Å²) in [6.07, 6.45) is 5.04. The predicted molar refractivity (Wildman–Crippen MR) is 140 cm³/mol. The van der Waals surface area contributed by atoms with Gasteiger partial charge in [-0.1, -0.05) is 24.3 Å². The van der Waals surface area contributed by atoms with Crippen molar-refractivity contribution in [3.8, 4) is 0 Å². The maximum Gasteiger partial charge on any atom is 0.00238 e. The van der Waals surface area contributed by atoms with Gasteiger partial charge < -0.3 is 0 Å². The smallest absolute Gasteiger partial charge is 0.00238 e. The van der Waals surface area contributed by atoms with Gasteiger partial charge in [0.1, 0.15) is 0 Å². The summed E-state index contributed by atoms with van der Waals surface area (Å²) in [6, 6.07) is 9.27. The van der Waals surface area contributed by atoms with E-state index in [4.69, 9.17) is 0 Å². The second-order valence-corrected chi connectivity index (χ2v) is 11.7. The van der Waals surface area contributed by atoms with Crippen molar-refractivity contribution in [2.24, 2.45) is 0 Å². The van der Waals surface area contributed by atoms with E-state index in [0.717, 1.165) is 11.5 Å². The SMILES string of the molecule is SCCSCCSCCCc1cccc(CCCSCCSCCS)c1. The number of thioether (sulfide) groups is 4. The fraction of sp³-hybridized carbons (Fsp3) is 0.700. The zero-order valence-electron chi connectivity index (χ0n) is 15.7. The summed E-state index contributed by atoms with van der Waals surface area (Å²) in [6.45, 7) is 0. The van der Waals surface area contributed by atoms with Crippen LogP contribution in [0.3, 0.4) is 0 Å². The number of rotatable bonds is 18. The Labute approximate surface area is 189 Å². The van der Waals surface area contributed by atoms with E-state index in [1.54, 1.807) is 0 Å². The van der Waals surface area contributed by atoms with E-state index in [9.17, 15) is 0 Å². The lowest BCUT2D eigenvalue weighted by atomic mass is 10.0. The highest BCUT2D eigenvalue weighted by molar-refractivity contribution is 8.03. The van der Waals surface area contributed by atoms with Crippen molar-refractivity contribution in [1.29, 1.82) is 0 Å². The van der Waals surface area contributed by atoms with E-state index in [1.165, 1.54) is 82.8 Å². The van der Waals surface area contributed by atoms with E-state index in [2.05, 4.69) is 73.0 Å². The van der Waals surface area contributed by atoms with Gasteiger partial charge in [0.15, 0.2) is 0 Å². The molecule has 0 saturated carbocycles. The molecule has 26 heavy (non-hydrogen) atoms. The summed E-state index contributed by atoms with van der Waals surface area (Å²) >= 11 is 16.7. The van der Waals surface area contributed by atoms with Crippen molar-refractivity contribution in [2.75, 3.05) is 57.5 Å². The van der Waals surface area contributed by atoms with Gasteiger partial charge in [-0.05, 0) is 59.8 Å². The molecule has 0 N–H and O–H groups in total.